The molecule has 2 heteroatoms. The van der Waals surface area contributed by atoms with Gasteiger partial charge in [0.25, 0.3) is 0 Å². The van der Waals surface area contributed by atoms with Crippen LogP contribution >= 0.6 is 0 Å². The summed E-state index contributed by atoms with van der Waals surface area (Å²) in [6.45, 7) is 12.1. The standard InChI is InChI=1S/C6H8N2.C3H8.C2H6/c1-5-3-8-6(2)4-7-5;1-3-2;1-2/h3-4H,1-2H3;3H2,1-2H3;1-2H3. The van der Waals surface area contributed by atoms with Crippen LogP contribution in [0.2, 0.25) is 0 Å². The van der Waals surface area contributed by atoms with Crippen LogP contribution in [0.5, 0.6) is 0 Å². The van der Waals surface area contributed by atoms with E-state index in [0.29, 0.717) is 0 Å². The zero-order valence-electron chi connectivity index (χ0n) is 9.76. The average molecular weight is 182 g/mol. The fraction of sp³-hybridized carbons (Fsp3) is 0.636. The molecule has 0 unspecified atom stereocenters. The molecule has 0 aromatic carbocycles. The van der Waals surface area contributed by atoms with Gasteiger partial charge in [0.15, 0.2) is 0 Å². The topological polar surface area (TPSA) is 25.8 Å². The average Bonchev–Trinajstić information content (AvgIpc) is 2.15. The van der Waals surface area contributed by atoms with E-state index >= 15 is 0 Å². The molecule has 1 heterocycles. The molecule has 0 amide bonds. The molecule has 76 valence electrons. The summed E-state index contributed by atoms with van der Waals surface area (Å²) >= 11 is 0. The summed E-state index contributed by atoms with van der Waals surface area (Å²) in [6.07, 6.45) is 4.77. The maximum atomic E-state index is 4.02. The molecule has 0 bridgehead atoms. The first-order chi connectivity index (χ1) is 6.20. The lowest BCUT2D eigenvalue weighted by Gasteiger charge is -1.88. The largest absolute Gasteiger partial charge is 0.258 e. The minimum atomic E-state index is 0.968. The highest BCUT2D eigenvalue weighted by molar-refractivity contribution is 4.97. The SMILES string of the molecule is CC.CCC.Cc1cnc(C)cn1. The molecule has 0 fully saturated rings. The molecule has 0 aliphatic carbocycles. The van der Waals surface area contributed by atoms with Crippen molar-refractivity contribution in [2.24, 2.45) is 0 Å². The molecule has 1 aromatic heterocycles. The molecule has 0 atom stereocenters. The third-order valence-corrected chi connectivity index (χ3v) is 0.910. The molecule has 0 saturated carbocycles. The highest BCUT2D eigenvalue weighted by Gasteiger charge is 1.82. The number of aromatic nitrogens is 2. The van der Waals surface area contributed by atoms with Crippen molar-refractivity contribution in [3.8, 4) is 0 Å². The van der Waals surface area contributed by atoms with E-state index in [1.54, 1.807) is 12.4 Å². The van der Waals surface area contributed by atoms with Crippen LogP contribution in [-0.2, 0) is 0 Å². The molecule has 0 saturated heterocycles. The summed E-state index contributed by atoms with van der Waals surface area (Å²) in [6, 6.07) is 0. The maximum absolute atomic E-state index is 4.02. The molecule has 0 aliphatic heterocycles. The van der Waals surface area contributed by atoms with E-state index in [-0.39, 0.29) is 0 Å². The van der Waals surface area contributed by atoms with Gasteiger partial charge >= 0.3 is 0 Å². The van der Waals surface area contributed by atoms with Gasteiger partial charge in [0.1, 0.15) is 0 Å². The van der Waals surface area contributed by atoms with Crippen LogP contribution in [0.15, 0.2) is 12.4 Å². The van der Waals surface area contributed by atoms with E-state index < -0.39 is 0 Å². The van der Waals surface area contributed by atoms with Crippen LogP contribution in [0.3, 0.4) is 0 Å². The fourth-order valence-electron chi connectivity index (χ4n) is 0.457. The first-order valence-electron chi connectivity index (χ1n) is 4.96. The van der Waals surface area contributed by atoms with Gasteiger partial charge in [-0.05, 0) is 13.8 Å². The van der Waals surface area contributed by atoms with Crippen molar-refractivity contribution in [2.45, 2.75) is 48.0 Å². The van der Waals surface area contributed by atoms with E-state index in [0.717, 1.165) is 11.4 Å². The predicted molar refractivity (Wildman–Crippen MR) is 58.8 cm³/mol. The molecular formula is C11H22N2. The summed E-state index contributed by atoms with van der Waals surface area (Å²) in [5.74, 6) is 0. The Balaban J connectivity index is 0. The summed E-state index contributed by atoms with van der Waals surface area (Å²) in [7, 11) is 0. The molecule has 2 nitrogen and oxygen atoms in total. The van der Waals surface area contributed by atoms with E-state index in [9.17, 15) is 0 Å². The fourth-order valence-corrected chi connectivity index (χ4v) is 0.457. The number of aryl methyl sites for hydroxylation is 2. The highest BCUT2D eigenvalue weighted by Crippen LogP contribution is 1.88. The van der Waals surface area contributed by atoms with E-state index in [4.69, 9.17) is 0 Å². The maximum Gasteiger partial charge on any atom is 0.0555 e. The Morgan fingerprint density at radius 2 is 1.15 bits per heavy atom. The van der Waals surface area contributed by atoms with Crippen LogP contribution in [0.4, 0.5) is 0 Å². The smallest absolute Gasteiger partial charge is 0.0555 e. The van der Waals surface area contributed by atoms with Crippen molar-refractivity contribution in [3.05, 3.63) is 23.8 Å². The third-order valence-electron chi connectivity index (χ3n) is 0.910. The Morgan fingerprint density at radius 3 is 1.31 bits per heavy atom. The second kappa shape index (κ2) is 11.1. The van der Waals surface area contributed by atoms with Gasteiger partial charge < -0.3 is 0 Å². The normalized spacial score (nSPS) is 7.54. The first kappa shape index (κ1) is 14.6. The minimum Gasteiger partial charge on any atom is -0.258 e. The van der Waals surface area contributed by atoms with Gasteiger partial charge in [-0.2, -0.15) is 0 Å². The second-order valence-corrected chi connectivity index (χ2v) is 2.51. The Kier molecular flexibility index (Phi) is 12.4. The zero-order valence-corrected chi connectivity index (χ0v) is 9.76. The van der Waals surface area contributed by atoms with Crippen LogP contribution in [0.25, 0.3) is 0 Å². The predicted octanol–water partition coefficient (Wildman–Crippen LogP) is 3.54. The zero-order chi connectivity index (χ0) is 10.7. The molecular weight excluding hydrogens is 160 g/mol. The summed E-state index contributed by atoms with van der Waals surface area (Å²) in [5.41, 5.74) is 1.94. The molecule has 0 spiro atoms. The summed E-state index contributed by atoms with van der Waals surface area (Å²) in [5, 5.41) is 0. The molecule has 13 heavy (non-hydrogen) atoms. The van der Waals surface area contributed by atoms with Crippen LogP contribution in [0, 0.1) is 13.8 Å². The summed E-state index contributed by atoms with van der Waals surface area (Å²) in [4.78, 5) is 8.03. The van der Waals surface area contributed by atoms with Crippen LogP contribution < -0.4 is 0 Å². The van der Waals surface area contributed by atoms with Gasteiger partial charge in [-0.25, -0.2) is 0 Å². The van der Waals surface area contributed by atoms with E-state index in [2.05, 4.69) is 23.8 Å². The van der Waals surface area contributed by atoms with Crippen molar-refractivity contribution in [1.29, 1.82) is 0 Å². The second-order valence-electron chi connectivity index (χ2n) is 2.51. The van der Waals surface area contributed by atoms with Crippen molar-refractivity contribution < 1.29 is 0 Å². The van der Waals surface area contributed by atoms with Crippen molar-refractivity contribution in [2.75, 3.05) is 0 Å². The quantitative estimate of drug-likeness (QED) is 0.613. The number of rotatable bonds is 0. The highest BCUT2D eigenvalue weighted by atomic mass is 14.8. The number of nitrogens with zero attached hydrogens (tertiary/aromatic N) is 2. The van der Waals surface area contributed by atoms with E-state index in [1.807, 2.05) is 27.7 Å². The minimum absolute atomic E-state index is 0.968. The van der Waals surface area contributed by atoms with Gasteiger partial charge in [-0.3, -0.25) is 9.97 Å². The van der Waals surface area contributed by atoms with Crippen LogP contribution in [0.1, 0.15) is 45.5 Å². The molecule has 0 radical (unpaired) electrons. The Morgan fingerprint density at radius 1 is 0.923 bits per heavy atom. The first-order valence-corrected chi connectivity index (χ1v) is 4.96. The Hall–Kier alpha value is -0.920. The monoisotopic (exact) mass is 182 g/mol. The lowest BCUT2D eigenvalue weighted by Crippen LogP contribution is -1.84. The summed E-state index contributed by atoms with van der Waals surface area (Å²) < 4.78 is 0. The Bertz CT molecular complexity index is 159. The lowest BCUT2D eigenvalue weighted by molar-refractivity contribution is 1.06. The molecule has 1 rings (SSSR count). The lowest BCUT2D eigenvalue weighted by atomic mass is 10.5. The van der Waals surface area contributed by atoms with Gasteiger partial charge in [0.05, 0.1) is 11.4 Å². The van der Waals surface area contributed by atoms with Crippen molar-refractivity contribution in [3.63, 3.8) is 0 Å². The number of hydrogen-bond acceptors (Lipinski definition) is 2. The molecule has 1 aromatic rings. The molecule has 0 aliphatic rings. The third kappa shape index (κ3) is 11.1. The van der Waals surface area contributed by atoms with Gasteiger partial charge in [0, 0.05) is 12.4 Å². The molecule has 0 N–H and O–H groups in total. The van der Waals surface area contributed by atoms with Crippen LogP contribution in [-0.4, -0.2) is 9.97 Å². The van der Waals surface area contributed by atoms with Gasteiger partial charge in [-0.1, -0.05) is 34.1 Å². The van der Waals surface area contributed by atoms with E-state index in [1.165, 1.54) is 6.42 Å². The van der Waals surface area contributed by atoms with Crippen molar-refractivity contribution in [1.82, 2.24) is 9.97 Å². The number of hydrogen-bond donors (Lipinski definition) is 0. The van der Waals surface area contributed by atoms with Gasteiger partial charge in [-0.15, -0.1) is 0 Å². The Labute approximate surface area is 82.4 Å². The van der Waals surface area contributed by atoms with Crippen molar-refractivity contribution >= 4 is 0 Å². The van der Waals surface area contributed by atoms with Gasteiger partial charge in [0.2, 0.25) is 0 Å².